The van der Waals surface area contributed by atoms with Gasteiger partial charge in [0.05, 0.1) is 31.0 Å². The van der Waals surface area contributed by atoms with Crippen molar-refractivity contribution < 1.29 is 14.6 Å². The highest BCUT2D eigenvalue weighted by Crippen LogP contribution is 2.13. The quantitative estimate of drug-likeness (QED) is 0.746. The van der Waals surface area contributed by atoms with E-state index in [9.17, 15) is 9.90 Å². The number of carbonyl (C=O) groups is 1. The first-order valence-corrected chi connectivity index (χ1v) is 5.15. The number of pyridine rings is 1. The van der Waals surface area contributed by atoms with Crippen molar-refractivity contribution in [1.29, 1.82) is 5.26 Å². The summed E-state index contributed by atoms with van der Waals surface area (Å²) in [5, 5.41) is 18.0. The van der Waals surface area contributed by atoms with Crippen molar-refractivity contribution in [3.05, 3.63) is 24.0 Å². The average Bonchev–Trinajstić information content (AvgIpc) is 2.38. The highest BCUT2D eigenvalue weighted by Gasteiger charge is 2.25. The third-order valence-corrected chi connectivity index (χ3v) is 2.47. The van der Waals surface area contributed by atoms with Crippen LogP contribution in [-0.4, -0.2) is 46.7 Å². The molecule has 1 amide bonds. The van der Waals surface area contributed by atoms with E-state index in [0.717, 1.165) is 0 Å². The Balaban J connectivity index is 2.12. The number of rotatable bonds is 1. The third kappa shape index (κ3) is 2.52. The second-order valence-corrected chi connectivity index (χ2v) is 3.67. The monoisotopic (exact) mass is 233 g/mol. The van der Waals surface area contributed by atoms with E-state index in [1.807, 2.05) is 6.07 Å². The number of nitrogens with zero attached hydrogens (tertiary/aromatic N) is 3. The maximum Gasteiger partial charge on any atom is 0.255 e. The van der Waals surface area contributed by atoms with E-state index >= 15 is 0 Å². The number of amides is 1. The van der Waals surface area contributed by atoms with E-state index < -0.39 is 6.10 Å². The van der Waals surface area contributed by atoms with E-state index in [4.69, 9.17) is 10.00 Å². The van der Waals surface area contributed by atoms with Crippen LogP contribution < -0.4 is 0 Å². The molecule has 1 N–H and O–H groups in total. The maximum absolute atomic E-state index is 12.0. The largest absolute Gasteiger partial charge is 0.506 e. The van der Waals surface area contributed by atoms with Gasteiger partial charge in [0.2, 0.25) is 0 Å². The lowest BCUT2D eigenvalue weighted by atomic mass is 10.2. The summed E-state index contributed by atoms with van der Waals surface area (Å²) < 4.78 is 5.15. The Labute approximate surface area is 98.1 Å². The molecule has 6 nitrogen and oxygen atoms in total. The molecule has 0 radical (unpaired) electrons. The molecule has 2 rings (SSSR count). The minimum atomic E-state index is -0.585. The number of aromatic hydroxyl groups is 1. The fourth-order valence-corrected chi connectivity index (χ4v) is 1.64. The van der Waals surface area contributed by atoms with Crippen LogP contribution in [0.1, 0.15) is 10.4 Å². The molecule has 1 fully saturated rings. The van der Waals surface area contributed by atoms with Crippen molar-refractivity contribution in [2.24, 2.45) is 0 Å². The van der Waals surface area contributed by atoms with Crippen LogP contribution in [-0.2, 0) is 4.74 Å². The number of morpholine rings is 1. The lowest BCUT2D eigenvalue weighted by molar-refractivity contribution is 0.00343. The fraction of sp³-hybridized carbons (Fsp3) is 0.364. The summed E-state index contributed by atoms with van der Waals surface area (Å²) in [6, 6.07) is 3.32. The van der Waals surface area contributed by atoms with Crippen LogP contribution in [0.3, 0.4) is 0 Å². The molecular weight excluding hydrogens is 222 g/mol. The minimum Gasteiger partial charge on any atom is -0.506 e. The molecule has 1 aromatic heterocycles. The summed E-state index contributed by atoms with van der Waals surface area (Å²) >= 11 is 0. The summed E-state index contributed by atoms with van der Waals surface area (Å²) in [7, 11) is 0. The standard InChI is InChI=1S/C11H11N3O3/c12-4-10-7-14(1-2-17-10)11(16)8-3-9(15)6-13-5-8/h3,5-6,10,15H,1-2,7H2. The van der Waals surface area contributed by atoms with Crippen molar-refractivity contribution >= 4 is 5.91 Å². The van der Waals surface area contributed by atoms with Crippen molar-refractivity contribution in [2.45, 2.75) is 6.10 Å². The van der Waals surface area contributed by atoms with E-state index in [2.05, 4.69) is 4.98 Å². The number of aromatic nitrogens is 1. The first kappa shape index (κ1) is 11.4. The van der Waals surface area contributed by atoms with Crippen LogP contribution in [0.25, 0.3) is 0 Å². The second-order valence-electron chi connectivity index (χ2n) is 3.67. The molecule has 1 aliphatic heterocycles. The van der Waals surface area contributed by atoms with Gasteiger partial charge < -0.3 is 14.7 Å². The van der Waals surface area contributed by atoms with Crippen LogP contribution >= 0.6 is 0 Å². The van der Waals surface area contributed by atoms with Gasteiger partial charge in [-0.1, -0.05) is 0 Å². The van der Waals surface area contributed by atoms with Gasteiger partial charge in [0, 0.05) is 12.7 Å². The van der Waals surface area contributed by atoms with Crippen molar-refractivity contribution in [1.82, 2.24) is 9.88 Å². The van der Waals surface area contributed by atoms with Crippen molar-refractivity contribution in [2.75, 3.05) is 19.7 Å². The Bertz CT molecular complexity index is 469. The molecule has 17 heavy (non-hydrogen) atoms. The lowest BCUT2D eigenvalue weighted by Gasteiger charge is -2.29. The molecule has 0 aliphatic carbocycles. The Hall–Kier alpha value is -2.13. The number of hydrogen-bond donors (Lipinski definition) is 1. The number of nitriles is 1. The van der Waals surface area contributed by atoms with Crippen LogP contribution in [0, 0.1) is 11.3 Å². The SMILES string of the molecule is N#CC1CN(C(=O)c2cncc(O)c2)CCO1. The number of hydrogen-bond acceptors (Lipinski definition) is 5. The lowest BCUT2D eigenvalue weighted by Crippen LogP contribution is -2.45. The van der Waals surface area contributed by atoms with E-state index in [1.165, 1.54) is 23.4 Å². The molecule has 2 heterocycles. The van der Waals surface area contributed by atoms with Crippen LogP contribution in [0.2, 0.25) is 0 Å². The number of carbonyl (C=O) groups excluding carboxylic acids is 1. The maximum atomic E-state index is 12.0. The van der Waals surface area contributed by atoms with Gasteiger partial charge in [-0.05, 0) is 6.07 Å². The minimum absolute atomic E-state index is 0.0547. The second kappa shape index (κ2) is 4.80. The molecule has 1 aromatic rings. The zero-order valence-corrected chi connectivity index (χ0v) is 9.04. The molecule has 1 aliphatic rings. The Kier molecular flexibility index (Phi) is 3.21. The number of ether oxygens (including phenoxy) is 1. The predicted octanol–water partition coefficient (Wildman–Crippen LogP) is 0.152. The van der Waals surface area contributed by atoms with Gasteiger partial charge in [-0.3, -0.25) is 9.78 Å². The van der Waals surface area contributed by atoms with Gasteiger partial charge in [-0.25, -0.2) is 0 Å². The Morgan fingerprint density at radius 3 is 3.18 bits per heavy atom. The Morgan fingerprint density at radius 2 is 2.47 bits per heavy atom. The van der Waals surface area contributed by atoms with Gasteiger partial charge in [0.1, 0.15) is 5.75 Å². The molecule has 1 unspecified atom stereocenters. The van der Waals surface area contributed by atoms with Gasteiger partial charge >= 0.3 is 0 Å². The average molecular weight is 233 g/mol. The molecular formula is C11H11N3O3. The third-order valence-electron chi connectivity index (χ3n) is 2.47. The van der Waals surface area contributed by atoms with Crippen LogP contribution in [0.5, 0.6) is 5.75 Å². The highest BCUT2D eigenvalue weighted by atomic mass is 16.5. The summed E-state index contributed by atoms with van der Waals surface area (Å²) in [5.41, 5.74) is 0.309. The first-order chi connectivity index (χ1) is 8.20. The highest BCUT2D eigenvalue weighted by molar-refractivity contribution is 5.94. The van der Waals surface area contributed by atoms with Crippen LogP contribution in [0.4, 0.5) is 0 Å². The summed E-state index contributed by atoms with van der Waals surface area (Å²) in [5.74, 6) is -0.308. The van der Waals surface area contributed by atoms with E-state index in [-0.39, 0.29) is 18.2 Å². The molecule has 0 saturated carbocycles. The molecule has 0 bridgehead atoms. The van der Waals surface area contributed by atoms with E-state index in [0.29, 0.717) is 18.7 Å². The van der Waals surface area contributed by atoms with Crippen molar-refractivity contribution in [3.63, 3.8) is 0 Å². The van der Waals surface area contributed by atoms with Gasteiger partial charge in [0.15, 0.2) is 6.10 Å². The summed E-state index contributed by atoms with van der Waals surface area (Å²) in [4.78, 5) is 17.3. The smallest absolute Gasteiger partial charge is 0.255 e. The zero-order chi connectivity index (χ0) is 12.3. The molecule has 0 spiro atoms. The molecule has 1 atom stereocenters. The van der Waals surface area contributed by atoms with E-state index in [1.54, 1.807) is 0 Å². The fourth-order valence-electron chi connectivity index (χ4n) is 1.64. The summed E-state index contributed by atoms with van der Waals surface area (Å²) in [6.45, 7) is 1.02. The molecule has 0 aromatic carbocycles. The van der Waals surface area contributed by atoms with Gasteiger partial charge in [-0.15, -0.1) is 0 Å². The van der Waals surface area contributed by atoms with Crippen molar-refractivity contribution in [3.8, 4) is 11.8 Å². The molecule has 1 saturated heterocycles. The summed E-state index contributed by atoms with van der Waals surface area (Å²) in [6.07, 6.45) is 2.06. The van der Waals surface area contributed by atoms with Crippen LogP contribution in [0.15, 0.2) is 18.5 Å². The topological polar surface area (TPSA) is 86.5 Å². The molecule has 88 valence electrons. The molecule has 6 heteroatoms. The Morgan fingerprint density at radius 1 is 1.65 bits per heavy atom. The zero-order valence-electron chi connectivity index (χ0n) is 9.04. The predicted molar refractivity (Wildman–Crippen MR) is 57.2 cm³/mol. The normalized spacial score (nSPS) is 19.7. The van der Waals surface area contributed by atoms with Gasteiger partial charge in [0.25, 0.3) is 5.91 Å². The van der Waals surface area contributed by atoms with Gasteiger partial charge in [-0.2, -0.15) is 5.26 Å². The first-order valence-electron chi connectivity index (χ1n) is 5.15.